The van der Waals surface area contributed by atoms with Crippen LogP contribution in [0.5, 0.6) is 0 Å². The molecule has 0 spiro atoms. The Morgan fingerprint density at radius 2 is 1.82 bits per heavy atom. The molecule has 176 valence electrons. The minimum absolute atomic E-state index is 0.0450. The minimum atomic E-state index is -4.02. The van der Waals surface area contributed by atoms with Crippen molar-refractivity contribution < 1.29 is 26.5 Å². The van der Waals surface area contributed by atoms with Crippen LogP contribution in [0.1, 0.15) is 36.3 Å². The van der Waals surface area contributed by atoms with Gasteiger partial charge >= 0.3 is 0 Å². The molecule has 2 saturated heterocycles. The number of amides is 1. The first kappa shape index (κ1) is 24.8. The lowest BCUT2D eigenvalue weighted by atomic mass is 9.95. The second-order valence-corrected chi connectivity index (χ2v) is 9.56. The van der Waals surface area contributed by atoms with Crippen LogP contribution >= 0.6 is 0 Å². The summed E-state index contributed by atoms with van der Waals surface area (Å²) >= 11 is 0. The van der Waals surface area contributed by atoms with Crippen LogP contribution in [0, 0.1) is 29.9 Å². The highest BCUT2D eigenvalue weighted by Crippen LogP contribution is 2.31. The van der Waals surface area contributed by atoms with Crippen LogP contribution in [0.15, 0.2) is 47.4 Å². The highest BCUT2D eigenvalue weighted by atomic mass is 32.2. The minimum Gasteiger partial charge on any atom is -0.325 e. The summed E-state index contributed by atoms with van der Waals surface area (Å²) in [5, 5.41) is 12.1. The first-order valence-electron chi connectivity index (χ1n) is 10.5. The largest absolute Gasteiger partial charge is 0.325 e. The quantitative estimate of drug-likeness (QED) is 0.657. The second kappa shape index (κ2) is 10.4. The number of hydrogen-bond donors (Lipinski definition) is 2. The number of halogens is 2. The van der Waals surface area contributed by atoms with E-state index in [-0.39, 0.29) is 28.3 Å². The number of likely N-dealkylation sites (tertiary alicyclic amines) is 1. The van der Waals surface area contributed by atoms with Crippen molar-refractivity contribution in [1.29, 1.82) is 5.26 Å². The summed E-state index contributed by atoms with van der Waals surface area (Å²) in [5.41, 5.74) is 1.00. The van der Waals surface area contributed by atoms with Gasteiger partial charge < -0.3 is 10.2 Å². The van der Waals surface area contributed by atoms with E-state index < -0.39 is 27.8 Å². The third kappa shape index (κ3) is 5.93. The molecule has 0 saturated carbocycles. The number of rotatable bonds is 3. The molecule has 3 atom stereocenters. The fourth-order valence-electron chi connectivity index (χ4n) is 4.12. The van der Waals surface area contributed by atoms with E-state index in [9.17, 15) is 22.0 Å². The molecule has 1 amide bonds. The summed E-state index contributed by atoms with van der Waals surface area (Å²) in [6, 6.07) is 11.1. The number of carbonyl (C=O) groups excluding carboxylic acids is 1. The number of aryl methyl sites for hydroxylation is 1. The maximum absolute atomic E-state index is 13.8. The molecule has 2 aliphatic rings. The number of hydrogen-bond acceptors (Lipinski definition) is 5. The molecule has 0 aromatic heterocycles. The maximum atomic E-state index is 13.8. The molecule has 2 aromatic rings. The summed E-state index contributed by atoms with van der Waals surface area (Å²) in [6.07, 6.45) is 1.87. The van der Waals surface area contributed by atoms with E-state index in [0.29, 0.717) is 25.9 Å². The lowest BCUT2D eigenvalue weighted by molar-refractivity contribution is -0.133. The number of nitrogens with zero attached hydrogens (tertiary/aromatic N) is 2. The molecule has 0 bridgehead atoms. The molecular weight excluding hydrogens is 452 g/mol. The number of nitriles is 1. The van der Waals surface area contributed by atoms with Crippen LogP contribution in [0.25, 0.3) is 0 Å². The Bertz CT molecular complexity index is 1130. The average molecular weight is 478 g/mol. The van der Waals surface area contributed by atoms with Gasteiger partial charge in [-0.3, -0.25) is 9.35 Å². The average Bonchev–Trinajstić information content (AvgIpc) is 3.43. The lowest BCUT2D eigenvalue weighted by Gasteiger charge is -2.23. The van der Waals surface area contributed by atoms with Crippen molar-refractivity contribution in [2.24, 2.45) is 0 Å². The number of carbonyl (C=O) groups is 1. The van der Waals surface area contributed by atoms with Gasteiger partial charge in [0, 0.05) is 24.6 Å². The van der Waals surface area contributed by atoms with Crippen LogP contribution in [0.4, 0.5) is 8.78 Å². The van der Waals surface area contributed by atoms with Gasteiger partial charge in [0.2, 0.25) is 5.91 Å². The van der Waals surface area contributed by atoms with E-state index in [2.05, 4.69) is 11.4 Å². The Labute approximate surface area is 191 Å². The molecule has 2 fully saturated rings. The van der Waals surface area contributed by atoms with Crippen LogP contribution in [0.3, 0.4) is 0 Å². The summed E-state index contributed by atoms with van der Waals surface area (Å²) in [6.45, 7) is 2.78. The first-order valence-corrected chi connectivity index (χ1v) is 12.0. The predicted octanol–water partition coefficient (Wildman–Crippen LogP) is 3.17. The molecule has 0 radical (unpaired) electrons. The summed E-state index contributed by atoms with van der Waals surface area (Å²) in [7, 11) is -4.02. The molecule has 33 heavy (non-hydrogen) atoms. The zero-order chi connectivity index (χ0) is 24.2. The van der Waals surface area contributed by atoms with Crippen LogP contribution in [0.2, 0.25) is 0 Å². The van der Waals surface area contributed by atoms with Gasteiger partial charge in [-0.15, -0.1) is 0 Å². The molecular formula is C23H25F2N3O4S. The zero-order valence-corrected chi connectivity index (χ0v) is 18.9. The van der Waals surface area contributed by atoms with Gasteiger partial charge in [-0.05, 0) is 50.5 Å². The molecule has 0 unspecified atom stereocenters. The number of nitrogens with one attached hydrogen (secondary N) is 1. The Morgan fingerprint density at radius 3 is 2.39 bits per heavy atom. The molecule has 10 heteroatoms. The molecule has 2 aliphatic heterocycles. The van der Waals surface area contributed by atoms with Crippen molar-refractivity contribution >= 4 is 16.0 Å². The Kier molecular flexibility index (Phi) is 7.79. The van der Waals surface area contributed by atoms with Gasteiger partial charge in [-0.2, -0.15) is 13.7 Å². The van der Waals surface area contributed by atoms with Crippen molar-refractivity contribution in [2.45, 2.75) is 49.1 Å². The van der Waals surface area contributed by atoms with Crippen LogP contribution < -0.4 is 5.32 Å². The normalized spacial score (nSPS) is 22.4. The van der Waals surface area contributed by atoms with Gasteiger partial charge in [0.25, 0.3) is 10.1 Å². The fourth-order valence-corrected chi connectivity index (χ4v) is 4.60. The number of benzene rings is 2. The van der Waals surface area contributed by atoms with Gasteiger partial charge in [0.1, 0.15) is 17.7 Å². The van der Waals surface area contributed by atoms with Crippen LogP contribution in [-0.4, -0.2) is 49.0 Å². The van der Waals surface area contributed by atoms with Gasteiger partial charge in [0.15, 0.2) is 0 Å². The third-order valence-electron chi connectivity index (χ3n) is 5.84. The van der Waals surface area contributed by atoms with Gasteiger partial charge in [-0.1, -0.05) is 23.8 Å². The van der Waals surface area contributed by atoms with Crippen molar-refractivity contribution in [3.8, 4) is 6.07 Å². The van der Waals surface area contributed by atoms with Crippen molar-refractivity contribution in [2.75, 3.05) is 13.1 Å². The molecule has 0 aliphatic carbocycles. The first-order chi connectivity index (χ1) is 15.6. The Hall–Kier alpha value is -2.87. The van der Waals surface area contributed by atoms with E-state index in [0.717, 1.165) is 12.0 Å². The zero-order valence-electron chi connectivity index (χ0n) is 18.0. The van der Waals surface area contributed by atoms with E-state index >= 15 is 0 Å². The smallest absolute Gasteiger partial charge is 0.294 e. The monoisotopic (exact) mass is 477 g/mol. The summed E-state index contributed by atoms with van der Waals surface area (Å²) in [4.78, 5) is 14.0. The van der Waals surface area contributed by atoms with E-state index in [4.69, 9.17) is 9.81 Å². The maximum Gasteiger partial charge on any atom is 0.294 e. The molecule has 7 nitrogen and oxygen atoms in total. The highest BCUT2D eigenvalue weighted by molar-refractivity contribution is 7.85. The van der Waals surface area contributed by atoms with Crippen molar-refractivity contribution in [1.82, 2.24) is 10.2 Å². The van der Waals surface area contributed by atoms with Crippen molar-refractivity contribution in [3.63, 3.8) is 0 Å². The van der Waals surface area contributed by atoms with E-state index in [1.165, 1.54) is 30.3 Å². The molecule has 2 heterocycles. The fraction of sp³-hybridized carbons (Fsp3) is 0.391. The third-order valence-corrected chi connectivity index (χ3v) is 6.71. The van der Waals surface area contributed by atoms with E-state index in [1.54, 1.807) is 17.0 Å². The second-order valence-electron chi connectivity index (χ2n) is 8.14. The molecule has 2 N–H and O–H groups in total. The SMILES string of the molecule is Cc1ccc(S(=O)(=O)O)cc1.N#C[C@@H]1CCCN1C(=O)[C@@H]1C[C@H](c2c(F)cccc2F)CN1. The van der Waals surface area contributed by atoms with Crippen molar-refractivity contribution in [3.05, 3.63) is 65.2 Å². The molecule has 4 rings (SSSR count). The van der Waals surface area contributed by atoms with Gasteiger partial charge in [0.05, 0.1) is 17.0 Å². The Balaban J connectivity index is 0.000000235. The standard InChI is InChI=1S/C16H17F2N3O.C7H8O3S/c17-12-4-1-5-13(18)15(12)10-7-14(20-9-10)16(22)21-6-2-3-11(21)8-19;1-6-2-4-7(5-3-6)11(8,9)10/h1,4-5,10-11,14,20H,2-3,6-7,9H2;2-5H,1H3,(H,8,9,10)/t10-,11-,14-;/m0./s1. The summed E-state index contributed by atoms with van der Waals surface area (Å²) in [5.74, 6) is -1.64. The Morgan fingerprint density at radius 1 is 1.18 bits per heavy atom. The lowest BCUT2D eigenvalue weighted by Crippen LogP contribution is -2.45. The topological polar surface area (TPSA) is 110 Å². The highest BCUT2D eigenvalue weighted by Gasteiger charge is 2.38. The molecule has 2 aromatic carbocycles. The van der Waals surface area contributed by atoms with Gasteiger partial charge in [-0.25, -0.2) is 8.78 Å². The van der Waals surface area contributed by atoms with Crippen LogP contribution in [-0.2, 0) is 14.9 Å². The van der Waals surface area contributed by atoms with E-state index in [1.807, 2.05) is 6.92 Å². The summed E-state index contributed by atoms with van der Waals surface area (Å²) < 4.78 is 57.2. The predicted molar refractivity (Wildman–Crippen MR) is 117 cm³/mol.